The van der Waals surface area contributed by atoms with Gasteiger partial charge in [0, 0.05) is 5.75 Å². The van der Waals surface area contributed by atoms with E-state index in [-0.39, 0.29) is 0 Å². The smallest absolute Gasteiger partial charge is 0.152 e. The highest BCUT2D eigenvalue weighted by molar-refractivity contribution is 7.97. The second-order valence-electron chi connectivity index (χ2n) is 4.25. The Hall–Kier alpha value is -1.63. The Morgan fingerprint density at radius 3 is 2.75 bits per heavy atom. The summed E-state index contributed by atoms with van der Waals surface area (Å²) < 4.78 is 0. The number of nitrogens with one attached hydrogen (secondary N) is 1. The van der Waals surface area contributed by atoms with Crippen LogP contribution in [0.1, 0.15) is 11.4 Å². The van der Waals surface area contributed by atoms with Gasteiger partial charge in [0.2, 0.25) is 0 Å². The Bertz CT molecular complexity index is 697. The molecule has 0 atom stereocenters. The standard InChI is InChI=1S/C14H14N4S2/c15-18-13-11-6-7-20-14(11)17-12(16-13)9-19-8-10-4-2-1-3-5-10/h1-7H,8-9,15H2,(H,16,17,18). The maximum Gasteiger partial charge on any atom is 0.152 e. The largest absolute Gasteiger partial charge is 0.308 e. The molecule has 0 saturated carbocycles. The molecule has 2 aromatic heterocycles. The third kappa shape index (κ3) is 2.92. The first-order chi connectivity index (χ1) is 9.86. The van der Waals surface area contributed by atoms with Crippen molar-refractivity contribution in [1.29, 1.82) is 0 Å². The Morgan fingerprint density at radius 2 is 1.95 bits per heavy atom. The SMILES string of the molecule is NNc1nc(CSCc2ccccc2)nc2sccc12. The number of nitrogens with two attached hydrogens (primary N) is 1. The van der Waals surface area contributed by atoms with Crippen molar-refractivity contribution in [2.24, 2.45) is 5.84 Å². The minimum atomic E-state index is 0.701. The number of nitrogen functional groups attached to an aromatic ring is 1. The molecule has 0 bridgehead atoms. The summed E-state index contributed by atoms with van der Waals surface area (Å²) in [5.74, 6) is 8.77. The van der Waals surface area contributed by atoms with Crippen LogP contribution in [0, 0.1) is 0 Å². The van der Waals surface area contributed by atoms with Gasteiger partial charge in [-0.15, -0.1) is 23.1 Å². The highest BCUT2D eigenvalue weighted by Gasteiger charge is 2.08. The van der Waals surface area contributed by atoms with Gasteiger partial charge >= 0.3 is 0 Å². The first kappa shape index (κ1) is 13.4. The number of hydrogen-bond acceptors (Lipinski definition) is 6. The van der Waals surface area contributed by atoms with Crippen LogP contribution in [0.5, 0.6) is 0 Å². The lowest BCUT2D eigenvalue weighted by molar-refractivity contribution is 1.06. The number of fused-ring (bicyclic) bond motifs is 1. The summed E-state index contributed by atoms with van der Waals surface area (Å²) in [6.07, 6.45) is 0. The summed E-state index contributed by atoms with van der Waals surface area (Å²) in [4.78, 5) is 10.0. The zero-order valence-corrected chi connectivity index (χ0v) is 12.4. The van der Waals surface area contributed by atoms with Gasteiger partial charge in [0.05, 0.1) is 11.1 Å². The third-order valence-electron chi connectivity index (χ3n) is 2.85. The topological polar surface area (TPSA) is 63.8 Å². The van der Waals surface area contributed by atoms with Crippen LogP contribution in [0.4, 0.5) is 5.82 Å². The molecular weight excluding hydrogens is 288 g/mol. The molecule has 3 aromatic rings. The van der Waals surface area contributed by atoms with E-state index >= 15 is 0 Å². The van der Waals surface area contributed by atoms with Crippen molar-refractivity contribution in [3.05, 3.63) is 53.2 Å². The van der Waals surface area contributed by atoms with E-state index in [1.807, 2.05) is 17.5 Å². The maximum absolute atomic E-state index is 5.52. The van der Waals surface area contributed by atoms with Gasteiger partial charge in [0.1, 0.15) is 10.7 Å². The summed E-state index contributed by atoms with van der Waals surface area (Å²) in [5.41, 5.74) is 3.96. The number of anilines is 1. The molecular formula is C14H14N4S2. The van der Waals surface area contributed by atoms with Gasteiger partial charge in [0.15, 0.2) is 5.82 Å². The van der Waals surface area contributed by atoms with E-state index in [9.17, 15) is 0 Å². The van der Waals surface area contributed by atoms with Crippen LogP contribution in [-0.2, 0) is 11.5 Å². The predicted molar refractivity (Wildman–Crippen MR) is 86.7 cm³/mol. The molecule has 0 fully saturated rings. The van der Waals surface area contributed by atoms with Crippen LogP contribution in [0.15, 0.2) is 41.8 Å². The minimum Gasteiger partial charge on any atom is -0.308 e. The normalized spacial score (nSPS) is 10.8. The summed E-state index contributed by atoms with van der Waals surface area (Å²) in [7, 11) is 0. The Kier molecular flexibility index (Phi) is 4.15. The van der Waals surface area contributed by atoms with E-state index < -0.39 is 0 Å². The Labute approximate surface area is 125 Å². The zero-order valence-electron chi connectivity index (χ0n) is 10.7. The van der Waals surface area contributed by atoms with Crippen molar-refractivity contribution < 1.29 is 0 Å². The molecule has 0 amide bonds. The van der Waals surface area contributed by atoms with Crippen LogP contribution in [-0.4, -0.2) is 9.97 Å². The predicted octanol–water partition coefficient (Wildman–Crippen LogP) is 3.41. The molecule has 20 heavy (non-hydrogen) atoms. The molecule has 3 rings (SSSR count). The number of benzene rings is 1. The number of aromatic nitrogens is 2. The van der Waals surface area contributed by atoms with Gasteiger partial charge < -0.3 is 5.43 Å². The molecule has 2 heterocycles. The lowest BCUT2D eigenvalue weighted by Gasteiger charge is -2.05. The summed E-state index contributed by atoms with van der Waals surface area (Å²) in [5, 5.41) is 2.98. The highest BCUT2D eigenvalue weighted by Crippen LogP contribution is 2.26. The number of nitrogens with zero attached hydrogens (tertiary/aromatic N) is 2. The molecule has 0 spiro atoms. The molecule has 4 nitrogen and oxygen atoms in total. The first-order valence-corrected chi connectivity index (χ1v) is 8.22. The average Bonchev–Trinajstić information content (AvgIpc) is 2.96. The summed E-state index contributed by atoms with van der Waals surface area (Å²) in [6.45, 7) is 0. The summed E-state index contributed by atoms with van der Waals surface area (Å²) >= 11 is 3.41. The lowest BCUT2D eigenvalue weighted by atomic mass is 10.2. The van der Waals surface area contributed by atoms with Gasteiger partial charge in [-0.2, -0.15) is 0 Å². The van der Waals surface area contributed by atoms with E-state index in [2.05, 4.69) is 39.7 Å². The molecule has 0 unspecified atom stereocenters. The molecule has 6 heteroatoms. The van der Waals surface area contributed by atoms with Gasteiger partial charge in [-0.05, 0) is 17.0 Å². The van der Waals surface area contributed by atoms with Crippen molar-refractivity contribution in [2.75, 3.05) is 5.43 Å². The van der Waals surface area contributed by atoms with Crippen molar-refractivity contribution in [3.63, 3.8) is 0 Å². The van der Waals surface area contributed by atoms with Gasteiger partial charge in [-0.25, -0.2) is 15.8 Å². The number of thioether (sulfide) groups is 1. The fourth-order valence-corrected chi connectivity index (χ4v) is 3.53. The van der Waals surface area contributed by atoms with E-state index in [1.165, 1.54) is 5.56 Å². The van der Waals surface area contributed by atoms with Crippen molar-refractivity contribution in [1.82, 2.24) is 9.97 Å². The number of thiophene rings is 1. The molecule has 1 aromatic carbocycles. The highest BCUT2D eigenvalue weighted by atomic mass is 32.2. The molecule has 0 aliphatic rings. The van der Waals surface area contributed by atoms with E-state index in [4.69, 9.17) is 5.84 Å². The summed E-state index contributed by atoms with van der Waals surface area (Å²) in [6, 6.07) is 12.4. The quantitative estimate of drug-likeness (QED) is 0.558. The fraction of sp³-hybridized carbons (Fsp3) is 0.143. The van der Waals surface area contributed by atoms with Crippen LogP contribution in [0.2, 0.25) is 0 Å². The lowest BCUT2D eigenvalue weighted by Crippen LogP contribution is -2.10. The van der Waals surface area contributed by atoms with Gasteiger partial charge in [-0.3, -0.25) is 0 Å². The first-order valence-electron chi connectivity index (χ1n) is 6.19. The van der Waals surface area contributed by atoms with E-state index in [1.54, 1.807) is 23.1 Å². The second-order valence-corrected chi connectivity index (χ2v) is 6.13. The van der Waals surface area contributed by atoms with E-state index in [0.29, 0.717) is 5.82 Å². The van der Waals surface area contributed by atoms with Crippen molar-refractivity contribution >= 4 is 39.1 Å². The zero-order chi connectivity index (χ0) is 13.8. The monoisotopic (exact) mass is 302 g/mol. The second kappa shape index (κ2) is 6.21. The maximum atomic E-state index is 5.52. The van der Waals surface area contributed by atoms with Crippen LogP contribution < -0.4 is 11.3 Å². The minimum absolute atomic E-state index is 0.701. The molecule has 3 N–H and O–H groups in total. The molecule has 0 radical (unpaired) electrons. The van der Waals surface area contributed by atoms with Crippen LogP contribution in [0.3, 0.4) is 0 Å². The number of hydrogen-bond donors (Lipinski definition) is 2. The van der Waals surface area contributed by atoms with E-state index in [0.717, 1.165) is 27.5 Å². The molecule has 102 valence electrons. The van der Waals surface area contributed by atoms with Gasteiger partial charge in [0.25, 0.3) is 0 Å². The molecule has 0 aliphatic carbocycles. The number of hydrazine groups is 1. The Morgan fingerprint density at radius 1 is 1.10 bits per heavy atom. The van der Waals surface area contributed by atoms with Crippen LogP contribution in [0.25, 0.3) is 10.2 Å². The van der Waals surface area contributed by atoms with Crippen LogP contribution >= 0.6 is 23.1 Å². The number of rotatable bonds is 5. The molecule has 0 aliphatic heterocycles. The Balaban J connectivity index is 1.71. The average molecular weight is 302 g/mol. The third-order valence-corrected chi connectivity index (χ3v) is 4.66. The van der Waals surface area contributed by atoms with Crippen molar-refractivity contribution in [2.45, 2.75) is 11.5 Å². The fourth-order valence-electron chi connectivity index (χ4n) is 1.91. The van der Waals surface area contributed by atoms with Crippen molar-refractivity contribution in [3.8, 4) is 0 Å². The van der Waals surface area contributed by atoms with Gasteiger partial charge in [-0.1, -0.05) is 30.3 Å². The molecule has 0 saturated heterocycles.